The third-order valence-electron chi connectivity index (χ3n) is 3.86. The largest absolute Gasteiger partial charge is 0.372 e. The number of carbonyl (C=O) groups excluding carboxylic acids is 1. The maximum Gasteiger partial charge on any atom is 0.222 e. The number of benzene rings is 1. The Hall–Kier alpha value is -1.55. The van der Waals surface area contributed by atoms with Crippen molar-refractivity contribution < 1.29 is 4.79 Å². The Labute approximate surface area is 127 Å². The summed E-state index contributed by atoms with van der Waals surface area (Å²) in [6, 6.07) is 8.80. The van der Waals surface area contributed by atoms with Crippen molar-refractivity contribution in [3.8, 4) is 0 Å². The zero-order chi connectivity index (χ0) is 15.1. The quantitative estimate of drug-likeness (QED) is 0.756. The molecule has 2 rings (SSSR count). The van der Waals surface area contributed by atoms with E-state index >= 15 is 0 Å². The van der Waals surface area contributed by atoms with Gasteiger partial charge in [0.15, 0.2) is 0 Å². The molecule has 1 aromatic carbocycles. The van der Waals surface area contributed by atoms with Gasteiger partial charge in [0.05, 0.1) is 0 Å². The number of nitrogens with zero attached hydrogens (tertiary/aromatic N) is 1. The molecule has 4 nitrogen and oxygen atoms in total. The SMILES string of the molecule is CC(C)C(=O)NCCNCc1ccc(N2CCCC2)cc1. The van der Waals surface area contributed by atoms with Crippen molar-refractivity contribution in [2.24, 2.45) is 5.92 Å². The van der Waals surface area contributed by atoms with E-state index in [1.165, 1.54) is 37.2 Å². The first kappa shape index (κ1) is 15.8. The summed E-state index contributed by atoms with van der Waals surface area (Å²) in [6.45, 7) is 8.52. The average molecular weight is 289 g/mol. The second-order valence-electron chi connectivity index (χ2n) is 5.98. The predicted molar refractivity (Wildman–Crippen MR) is 87.4 cm³/mol. The molecule has 0 aliphatic carbocycles. The van der Waals surface area contributed by atoms with E-state index in [0.717, 1.165) is 13.1 Å². The monoisotopic (exact) mass is 289 g/mol. The summed E-state index contributed by atoms with van der Waals surface area (Å²) < 4.78 is 0. The van der Waals surface area contributed by atoms with Gasteiger partial charge < -0.3 is 15.5 Å². The van der Waals surface area contributed by atoms with Gasteiger partial charge in [-0.15, -0.1) is 0 Å². The molecule has 0 aromatic heterocycles. The second kappa shape index (κ2) is 8.03. The number of anilines is 1. The molecule has 1 saturated heterocycles. The fourth-order valence-corrected chi connectivity index (χ4v) is 2.51. The van der Waals surface area contributed by atoms with Crippen LogP contribution < -0.4 is 15.5 Å². The van der Waals surface area contributed by atoms with Crippen molar-refractivity contribution in [1.82, 2.24) is 10.6 Å². The summed E-state index contributed by atoms with van der Waals surface area (Å²) in [7, 11) is 0. The third-order valence-corrected chi connectivity index (χ3v) is 3.86. The van der Waals surface area contributed by atoms with Crippen LogP contribution in [0.4, 0.5) is 5.69 Å². The summed E-state index contributed by atoms with van der Waals surface area (Å²) in [4.78, 5) is 13.8. The summed E-state index contributed by atoms with van der Waals surface area (Å²) in [5, 5.41) is 6.26. The molecule has 0 saturated carbocycles. The van der Waals surface area contributed by atoms with E-state index in [9.17, 15) is 4.79 Å². The van der Waals surface area contributed by atoms with Crippen molar-refractivity contribution in [2.75, 3.05) is 31.1 Å². The lowest BCUT2D eigenvalue weighted by atomic mass is 10.2. The molecule has 116 valence electrons. The Bertz CT molecular complexity index is 436. The molecule has 21 heavy (non-hydrogen) atoms. The van der Waals surface area contributed by atoms with Crippen molar-refractivity contribution in [3.63, 3.8) is 0 Å². The minimum Gasteiger partial charge on any atom is -0.372 e. The third kappa shape index (κ3) is 5.05. The zero-order valence-corrected chi connectivity index (χ0v) is 13.2. The van der Waals surface area contributed by atoms with Gasteiger partial charge in [0, 0.05) is 44.3 Å². The molecule has 0 radical (unpaired) electrons. The van der Waals surface area contributed by atoms with Gasteiger partial charge in [0.2, 0.25) is 5.91 Å². The summed E-state index contributed by atoms with van der Waals surface area (Å²) in [5.74, 6) is 0.176. The second-order valence-corrected chi connectivity index (χ2v) is 5.98. The first-order chi connectivity index (χ1) is 10.2. The highest BCUT2D eigenvalue weighted by Gasteiger charge is 2.11. The van der Waals surface area contributed by atoms with Crippen molar-refractivity contribution in [3.05, 3.63) is 29.8 Å². The highest BCUT2D eigenvalue weighted by molar-refractivity contribution is 5.77. The van der Waals surface area contributed by atoms with E-state index < -0.39 is 0 Å². The lowest BCUT2D eigenvalue weighted by molar-refractivity contribution is -0.123. The van der Waals surface area contributed by atoms with Crippen LogP contribution in [0.5, 0.6) is 0 Å². The van der Waals surface area contributed by atoms with Gasteiger partial charge in [-0.2, -0.15) is 0 Å². The Morgan fingerprint density at radius 3 is 2.43 bits per heavy atom. The van der Waals surface area contributed by atoms with Crippen LogP contribution in [-0.4, -0.2) is 32.1 Å². The van der Waals surface area contributed by atoms with Crippen LogP contribution in [0.1, 0.15) is 32.3 Å². The van der Waals surface area contributed by atoms with E-state index in [2.05, 4.69) is 39.8 Å². The smallest absolute Gasteiger partial charge is 0.222 e. The Balaban J connectivity index is 1.65. The van der Waals surface area contributed by atoms with Gasteiger partial charge in [-0.1, -0.05) is 26.0 Å². The maximum absolute atomic E-state index is 11.4. The topological polar surface area (TPSA) is 44.4 Å². The number of carbonyl (C=O) groups is 1. The molecule has 1 fully saturated rings. The normalized spacial score (nSPS) is 14.7. The fourth-order valence-electron chi connectivity index (χ4n) is 2.51. The zero-order valence-electron chi connectivity index (χ0n) is 13.2. The van der Waals surface area contributed by atoms with E-state index in [4.69, 9.17) is 0 Å². The van der Waals surface area contributed by atoms with E-state index in [-0.39, 0.29) is 11.8 Å². The van der Waals surface area contributed by atoms with Crippen LogP contribution in [0.25, 0.3) is 0 Å². The van der Waals surface area contributed by atoms with Crippen LogP contribution >= 0.6 is 0 Å². The minimum atomic E-state index is 0.0585. The molecule has 0 atom stereocenters. The Morgan fingerprint density at radius 1 is 1.14 bits per heavy atom. The number of rotatable bonds is 7. The molecule has 1 aromatic rings. The van der Waals surface area contributed by atoms with Gasteiger partial charge in [-0.3, -0.25) is 4.79 Å². The molecule has 1 heterocycles. The first-order valence-electron chi connectivity index (χ1n) is 7.99. The standard InChI is InChI=1S/C17H27N3O/c1-14(2)17(21)19-10-9-18-13-15-5-7-16(8-6-15)20-11-3-4-12-20/h5-8,14,18H,3-4,9-13H2,1-2H3,(H,19,21). The van der Waals surface area contributed by atoms with Gasteiger partial charge in [0.25, 0.3) is 0 Å². The maximum atomic E-state index is 11.4. The van der Waals surface area contributed by atoms with Crippen molar-refractivity contribution >= 4 is 11.6 Å². The molecule has 0 bridgehead atoms. The molecule has 0 spiro atoms. The molecule has 2 N–H and O–H groups in total. The van der Waals surface area contributed by atoms with Gasteiger partial charge >= 0.3 is 0 Å². The molecule has 4 heteroatoms. The highest BCUT2D eigenvalue weighted by Crippen LogP contribution is 2.20. The highest BCUT2D eigenvalue weighted by atomic mass is 16.1. The summed E-state index contributed by atoms with van der Waals surface area (Å²) in [5.41, 5.74) is 2.62. The number of amides is 1. The Morgan fingerprint density at radius 2 is 1.81 bits per heavy atom. The van der Waals surface area contributed by atoms with E-state index in [1.54, 1.807) is 0 Å². The predicted octanol–water partition coefficient (Wildman–Crippen LogP) is 2.15. The van der Waals surface area contributed by atoms with Crippen LogP contribution in [0.15, 0.2) is 24.3 Å². The molecular formula is C17H27N3O. The molecule has 1 amide bonds. The first-order valence-corrected chi connectivity index (χ1v) is 7.99. The minimum absolute atomic E-state index is 0.0585. The fraction of sp³-hybridized carbons (Fsp3) is 0.588. The van der Waals surface area contributed by atoms with E-state index in [1.807, 2.05) is 13.8 Å². The van der Waals surface area contributed by atoms with Crippen LogP contribution in [0.3, 0.4) is 0 Å². The molecule has 1 aliphatic rings. The van der Waals surface area contributed by atoms with Crippen molar-refractivity contribution in [1.29, 1.82) is 0 Å². The Kier molecular flexibility index (Phi) is 6.05. The number of hydrogen-bond acceptors (Lipinski definition) is 3. The van der Waals surface area contributed by atoms with Crippen LogP contribution in [0.2, 0.25) is 0 Å². The number of hydrogen-bond donors (Lipinski definition) is 2. The molecule has 0 unspecified atom stereocenters. The average Bonchev–Trinajstić information content (AvgIpc) is 3.01. The van der Waals surface area contributed by atoms with Crippen LogP contribution in [0, 0.1) is 5.92 Å². The number of nitrogens with one attached hydrogen (secondary N) is 2. The van der Waals surface area contributed by atoms with E-state index in [0.29, 0.717) is 6.54 Å². The summed E-state index contributed by atoms with van der Waals surface area (Å²) >= 11 is 0. The van der Waals surface area contributed by atoms with Gasteiger partial charge in [-0.25, -0.2) is 0 Å². The van der Waals surface area contributed by atoms with Gasteiger partial charge in [-0.05, 0) is 30.5 Å². The van der Waals surface area contributed by atoms with Gasteiger partial charge in [0.1, 0.15) is 0 Å². The lowest BCUT2D eigenvalue weighted by Crippen LogP contribution is -2.34. The lowest BCUT2D eigenvalue weighted by Gasteiger charge is -2.17. The summed E-state index contributed by atoms with van der Waals surface area (Å²) in [6.07, 6.45) is 2.62. The molecule has 1 aliphatic heterocycles. The molecular weight excluding hydrogens is 262 g/mol. The van der Waals surface area contributed by atoms with Crippen LogP contribution in [-0.2, 0) is 11.3 Å². The van der Waals surface area contributed by atoms with Crippen molar-refractivity contribution in [2.45, 2.75) is 33.2 Å².